The molecule has 7 nitrogen and oxygen atoms in total. The van der Waals surface area contributed by atoms with Crippen LogP contribution in [0.3, 0.4) is 0 Å². The van der Waals surface area contributed by atoms with Gasteiger partial charge in [0.15, 0.2) is 11.5 Å². The molecule has 0 saturated carbocycles. The van der Waals surface area contributed by atoms with E-state index in [1.54, 1.807) is 36.4 Å². The smallest absolute Gasteiger partial charge is 0.329 e. The van der Waals surface area contributed by atoms with Crippen LogP contribution < -0.4 is 20.2 Å². The summed E-state index contributed by atoms with van der Waals surface area (Å²) < 4.78 is 24.6. The zero-order valence-electron chi connectivity index (χ0n) is 16.6. The standard InChI is InChI=1S/C21H24FN3O4/c1-14(2)11-23-20(26)21(27)25-24-12-15-8-9-18(19(10-15)28-3)29-13-16-6-4-5-7-17(16)22/h4-10,12,14H,11,13H2,1-3H3,(H,23,26)(H,25,27)/b24-12-. The number of rotatable bonds is 8. The van der Waals surface area contributed by atoms with Gasteiger partial charge in [-0.1, -0.05) is 32.0 Å². The highest BCUT2D eigenvalue weighted by Gasteiger charge is 2.12. The number of benzene rings is 2. The van der Waals surface area contributed by atoms with E-state index in [1.165, 1.54) is 19.4 Å². The molecule has 2 rings (SSSR count). The van der Waals surface area contributed by atoms with Crippen LogP contribution in [-0.4, -0.2) is 31.7 Å². The molecule has 0 aromatic heterocycles. The van der Waals surface area contributed by atoms with Crippen LogP contribution in [0.2, 0.25) is 0 Å². The van der Waals surface area contributed by atoms with Crippen LogP contribution in [0.25, 0.3) is 0 Å². The quantitative estimate of drug-likeness (QED) is 0.404. The van der Waals surface area contributed by atoms with Crippen LogP contribution in [0.1, 0.15) is 25.0 Å². The van der Waals surface area contributed by atoms with Gasteiger partial charge in [0.2, 0.25) is 0 Å². The van der Waals surface area contributed by atoms with Crippen molar-refractivity contribution < 1.29 is 23.5 Å². The van der Waals surface area contributed by atoms with Crippen molar-refractivity contribution in [1.29, 1.82) is 0 Å². The van der Waals surface area contributed by atoms with Crippen LogP contribution in [0.15, 0.2) is 47.6 Å². The van der Waals surface area contributed by atoms with Crippen LogP contribution in [-0.2, 0) is 16.2 Å². The number of ether oxygens (including phenoxy) is 2. The molecule has 0 fully saturated rings. The molecule has 0 unspecified atom stereocenters. The number of hydrogen-bond acceptors (Lipinski definition) is 5. The van der Waals surface area contributed by atoms with E-state index in [9.17, 15) is 14.0 Å². The normalized spacial score (nSPS) is 10.8. The minimum absolute atomic E-state index is 0.0536. The SMILES string of the molecule is COc1cc(/C=N\NC(=O)C(=O)NCC(C)C)ccc1OCc1ccccc1F. The highest BCUT2D eigenvalue weighted by molar-refractivity contribution is 6.35. The van der Waals surface area contributed by atoms with Crippen molar-refractivity contribution in [2.45, 2.75) is 20.5 Å². The second-order valence-corrected chi connectivity index (χ2v) is 6.59. The second kappa shape index (κ2) is 10.8. The first-order chi connectivity index (χ1) is 13.9. The minimum atomic E-state index is -0.848. The Morgan fingerprint density at radius 2 is 1.90 bits per heavy atom. The van der Waals surface area contributed by atoms with Gasteiger partial charge in [0.1, 0.15) is 12.4 Å². The molecule has 154 valence electrons. The molecule has 2 N–H and O–H groups in total. The van der Waals surface area contributed by atoms with E-state index in [-0.39, 0.29) is 18.3 Å². The zero-order valence-corrected chi connectivity index (χ0v) is 16.6. The van der Waals surface area contributed by atoms with E-state index in [0.717, 1.165) is 0 Å². The second-order valence-electron chi connectivity index (χ2n) is 6.59. The third-order valence-electron chi connectivity index (χ3n) is 3.79. The summed E-state index contributed by atoms with van der Waals surface area (Å²) in [4.78, 5) is 23.2. The molecular weight excluding hydrogens is 377 g/mol. The third-order valence-corrected chi connectivity index (χ3v) is 3.79. The predicted molar refractivity (Wildman–Crippen MR) is 107 cm³/mol. The lowest BCUT2D eigenvalue weighted by molar-refractivity contribution is -0.139. The summed E-state index contributed by atoms with van der Waals surface area (Å²) >= 11 is 0. The lowest BCUT2D eigenvalue weighted by Gasteiger charge is -2.11. The number of nitrogens with zero attached hydrogens (tertiary/aromatic N) is 1. The van der Waals surface area contributed by atoms with E-state index in [4.69, 9.17) is 9.47 Å². The Morgan fingerprint density at radius 1 is 1.14 bits per heavy atom. The molecule has 2 amide bonds. The van der Waals surface area contributed by atoms with E-state index < -0.39 is 11.8 Å². The lowest BCUT2D eigenvalue weighted by Crippen LogP contribution is -2.39. The first-order valence-electron chi connectivity index (χ1n) is 9.06. The van der Waals surface area contributed by atoms with Crippen molar-refractivity contribution in [3.63, 3.8) is 0 Å². The highest BCUT2D eigenvalue weighted by atomic mass is 19.1. The molecule has 0 aliphatic carbocycles. The van der Waals surface area contributed by atoms with Gasteiger partial charge in [-0.15, -0.1) is 0 Å². The topological polar surface area (TPSA) is 89.0 Å². The number of hydrogen-bond donors (Lipinski definition) is 2. The van der Waals surface area contributed by atoms with Gasteiger partial charge in [0.25, 0.3) is 0 Å². The van der Waals surface area contributed by atoms with Crippen LogP contribution in [0.5, 0.6) is 11.5 Å². The third kappa shape index (κ3) is 6.91. The Hall–Kier alpha value is -3.42. The van der Waals surface area contributed by atoms with Gasteiger partial charge in [-0.3, -0.25) is 9.59 Å². The van der Waals surface area contributed by atoms with Crippen molar-refractivity contribution in [1.82, 2.24) is 10.7 Å². The molecule has 29 heavy (non-hydrogen) atoms. The molecule has 2 aromatic carbocycles. The first kappa shape index (κ1) is 21.9. The summed E-state index contributed by atoms with van der Waals surface area (Å²) in [6.45, 7) is 4.31. The summed E-state index contributed by atoms with van der Waals surface area (Å²) in [7, 11) is 1.48. The fourth-order valence-corrected chi connectivity index (χ4v) is 2.25. The highest BCUT2D eigenvalue weighted by Crippen LogP contribution is 2.28. The van der Waals surface area contributed by atoms with E-state index >= 15 is 0 Å². The van der Waals surface area contributed by atoms with Crippen LogP contribution in [0.4, 0.5) is 4.39 Å². The maximum Gasteiger partial charge on any atom is 0.329 e. The number of halogens is 1. The molecule has 0 bridgehead atoms. The minimum Gasteiger partial charge on any atom is -0.493 e. The van der Waals surface area contributed by atoms with Crippen molar-refractivity contribution in [2.75, 3.05) is 13.7 Å². The molecule has 0 atom stereocenters. The Labute approximate surface area is 168 Å². The summed E-state index contributed by atoms with van der Waals surface area (Å²) in [5.74, 6) is -0.842. The lowest BCUT2D eigenvalue weighted by atomic mass is 10.2. The van der Waals surface area contributed by atoms with Crippen molar-refractivity contribution in [3.8, 4) is 11.5 Å². The number of carbonyl (C=O) groups excluding carboxylic acids is 2. The molecule has 0 heterocycles. The number of carbonyl (C=O) groups is 2. The van der Waals surface area contributed by atoms with Gasteiger partial charge >= 0.3 is 11.8 Å². The Morgan fingerprint density at radius 3 is 2.59 bits per heavy atom. The largest absolute Gasteiger partial charge is 0.493 e. The summed E-state index contributed by atoms with van der Waals surface area (Å²) in [6.07, 6.45) is 1.37. The maximum atomic E-state index is 13.7. The summed E-state index contributed by atoms with van der Waals surface area (Å²) in [5, 5.41) is 6.27. The van der Waals surface area contributed by atoms with Gasteiger partial charge in [-0.2, -0.15) is 5.10 Å². The predicted octanol–water partition coefficient (Wildman–Crippen LogP) is 2.64. The summed E-state index contributed by atoms with van der Waals surface area (Å²) in [6, 6.07) is 11.3. The van der Waals surface area contributed by atoms with Gasteiger partial charge in [-0.05, 0) is 35.7 Å². The van der Waals surface area contributed by atoms with E-state index in [0.29, 0.717) is 29.2 Å². The average molecular weight is 401 g/mol. The Bertz CT molecular complexity index is 884. The average Bonchev–Trinajstić information content (AvgIpc) is 2.71. The zero-order chi connectivity index (χ0) is 21.2. The monoisotopic (exact) mass is 401 g/mol. The van der Waals surface area contributed by atoms with E-state index in [2.05, 4.69) is 15.8 Å². The molecule has 0 aliphatic heterocycles. The molecule has 0 spiro atoms. The van der Waals surface area contributed by atoms with Gasteiger partial charge in [-0.25, -0.2) is 9.82 Å². The fraction of sp³-hybridized carbons (Fsp3) is 0.286. The van der Waals surface area contributed by atoms with E-state index in [1.807, 2.05) is 13.8 Å². The van der Waals surface area contributed by atoms with Crippen LogP contribution in [0, 0.1) is 11.7 Å². The first-order valence-corrected chi connectivity index (χ1v) is 9.06. The van der Waals surface area contributed by atoms with Gasteiger partial charge in [0.05, 0.1) is 13.3 Å². The molecular formula is C21H24FN3O4. The molecule has 0 saturated heterocycles. The Balaban J connectivity index is 1.95. The van der Waals surface area contributed by atoms with Gasteiger partial charge in [0, 0.05) is 12.1 Å². The number of methoxy groups -OCH3 is 1. The van der Waals surface area contributed by atoms with Crippen LogP contribution >= 0.6 is 0 Å². The molecule has 0 radical (unpaired) electrons. The summed E-state index contributed by atoms with van der Waals surface area (Å²) in [5.41, 5.74) is 3.21. The number of hydrazone groups is 1. The molecule has 0 aliphatic rings. The number of amides is 2. The maximum absolute atomic E-state index is 13.7. The number of nitrogens with one attached hydrogen (secondary N) is 2. The Kier molecular flexibility index (Phi) is 8.14. The fourth-order valence-electron chi connectivity index (χ4n) is 2.25. The molecule has 8 heteroatoms. The van der Waals surface area contributed by atoms with Crippen molar-refractivity contribution in [3.05, 3.63) is 59.4 Å². The van der Waals surface area contributed by atoms with Crippen molar-refractivity contribution >= 4 is 18.0 Å². The van der Waals surface area contributed by atoms with Gasteiger partial charge < -0.3 is 14.8 Å². The molecule has 2 aromatic rings. The van der Waals surface area contributed by atoms with Crippen molar-refractivity contribution in [2.24, 2.45) is 11.0 Å².